The van der Waals surface area contributed by atoms with Gasteiger partial charge in [0.15, 0.2) is 12.4 Å². The molecule has 0 aliphatic carbocycles. The van der Waals surface area contributed by atoms with Crippen molar-refractivity contribution in [1.29, 1.82) is 0 Å². The quantitative estimate of drug-likeness (QED) is 0.880. The van der Waals surface area contributed by atoms with Gasteiger partial charge in [0.05, 0.1) is 0 Å². The molecular formula is C14H13BrN2O2. The lowest BCUT2D eigenvalue weighted by atomic mass is 10.2. The molecule has 19 heavy (non-hydrogen) atoms. The molecule has 0 fully saturated rings. The first-order valence-corrected chi connectivity index (χ1v) is 6.54. The number of hydrogen-bond donors (Lipinski definition) is 1. The van der Waals surface area contributed by atoms with Crippen LogP contribution in [0.4, 0.5) is 5.69 Å². The molecule has 2 aromatic rings. The van der Waals surface area contributed by atoms with E-state index in [1.165, 1.54) is 0 Å². The summed E-state index contributed by atoms with van der Waals surface area (Å²) in [5, 5.41) is 2.76. The summed E-state index contributed by atoms with van der Waals surface area (Å²) in [5.74, 6) is 0.334. The van der Waals surface area contributed by atoms with E-state index in [1.54, 1.807) is 18.3 Å². The van der Waals surface area contributed by atoms with Gasteiger partial charge in [-0.25, -0.2) is 4.98 Å². The third kappa shape index (κ3) is 4.06. The van der Waals surface area contributed by atoms with Crippen molar-refractivity contribution in [1.82, 2.24) is 4.98 Å². The normalized spacial score (nSPS) is 10.0. The molecule has 0 saturated heterocycles. The van der Waals surface area contributed by atoms with Crippen molar-refractivity contribution in [3.8, 4) is 5.75 Å². The largest absolute Gasteiger partial charge is 0.481 e. The number of anilines is 1. The van der Waals surface area contributed by atoms with Gasteiger partial charge in [0.1, 0.15) is 4.60 Å². The molecule has 1 aromatic heterocycles. The fourth-order valence-corrected chi connectivity index (χ4v) is 1.82. The summed E-state index contributed by atoms with van der Waals surface area (Å²) in [6.07, 6.45) is 1.64. The minimum Gasteiger partial charge on any atom is -0.481 e. The summed E-state index contributed by atoms with van der Waals surface area (Å²) >= 11 is 3.25. The van der Waals surface area contributed by atoms with Crippen LogP contribution in [0.15, 0.2) is 47.2 Å². The lowest BCUT2D eigenvalue weighted by molar-refractivity contribution is -0.118. The van der Waals surface area contributed by atoms with Crippen LogP contribution < -0.4 is 10.1 Å². The Bertz CT molecular complexity index is 570. The molecule has 2 rings (SSSR count). The smallest absolute Gasteiger partial charge is 0.262 e. The number of pyridine rings is 1. The maximum atomic E-state index is 11.7. The van der Waals surface area contributed by atoms with Gasteiger partial charge in [0.2, 0.25) is 0 Å². The van der Waals surface area contributed by atoms with Crippen LogP contribution in [0.5, 0.6) is 5.75 Å². The van der Waals surface area contributed by atoms with E-state index in [2.05, 4.69) is 26.2 Å². The number of amides is 1. The van der Waals surface area contributed by atoms with Crippen molar-refractivity contribution in [2.24, 2.45) is 0 Å². The highest BCUT2D eigenvalue weighted by Gasteiger charge is 2.06. The van der Waals surface area contributed by atoms with Gasteiger partial charge in [-0.3, -0.25) is 4.79 Å². The first kappa shape index (κ1) is 13.5. The Hall–Kier alpha value is -1.88. The second-order valence-corrected chi connectivity index (χ2v) is 4.75. The standard InChI is InChI=1S/C14H13BrN2O2/c1-10-4-6-11(7-5-10)17-13(18)9-19-12-3-2-8-16-14(12)15/h2-8H,9H2,1H3,(H,17,18). The molecule has 0 saturated carbocycles. The van der Waals surface area contributed by atoms with E-state index < -0.39 is 0 Å². The van der Waals surface area contributed by atoms with Crippen molar-refractivity contribution < 1.29 is 9.53 Å². The molecule has 0 aliphatic heterocycles. The lowest BCUT2D eigenvalue weighted by Gasteiger charge is -2.08. The third-order valence-corrected chi connectivity index (χ3v) is 3.01. The summed E-state index contributed by atoms with van der Waals surface area (Å²) in [5.41, 5.74) is 1.90. The predicted molar refractivity (Wildman–Crippen MR) is 77.2 cm³/mol. The minimum absolute atomic E-state index is 0.0574. The SMILES string of the molecule is Cc1ccc(NC(=O)COc2cccnc2Br)cc1. The van der Waals surface area contributed by atoms with E-state index in [4.69, 9.17) is 4.74 Å². The van der Waals surface area contributed by atoms with Crippen molar-refractivity contribution >= 4 is 27.5 Å². The molecule has 4 nitrogen and oxygen atoms in total. The minimum atomic E-state index is -0.209. The number of benzene rings is 1. The van der Waals surface area contributed by atoms with Crippen LogP contribution in [0.2, 0.25) is 0 Å². The number of halogens is 1. The van der Waals surface area contributed by atoms with Gasteiger partial charge >= 0.3 is 0 Å². The van der Waals surface area contributed by atoms with Gasteiger partial charge in [0.25, 0.3) is 5.91 Å². The van der Waals surface area contributed by atoms with Crippen LogP contribution in [0.3, 0.4) is 0 Å². The molecule has 0 unspecified atom stereocenters. The Balaban J connectivity index is 1.88. The fraction of sp³-hybridized carbons (Fsp3) is 0.143. The van der Waals surface area contributed by atoms with Crippen LogP contribution in [0, 0.1) is 6.92 Å². The highest BCUT2D eigenvalue weighted by molar-refractivity contribution is 9.10. The van der Waals surface area contributed by atoms with E-state index in [9.17, 15) is 4.79 Å². The maximum absolute atomic E-state index is 11.7. The number of hydrogen-bond acceptors (Lipinski definition) is 3. The van der Waals surface area contributed by atoms with Crippen LogP contribution in [0.1, 0.15) is 5.56 Å². The lowest BCUT2D eigenvalue weighted by Crippen LogP contribution is -2.20. The second-order valence-electron chi connectivity index (χ2n) is 4.00. The van der Waals surface area contributed by atoms with E-state index in [1.807, 2.05) is 31.2 Å². The first-order valence-electron chi connectivity index (χ1n) is 5.75. The number of ether oxygens (including phenoxy) is 1. The topological polar surface area (TPSA) is 51.2 Å². The molecule has 0 aliphatic rings. The van der Waals surface area contributed by atoms with Gasteiger partial charge in [0, 0.05) is 11.9 Å². The van der Waals surface area contributed by atoms with Crippen LogP contribution in [-0.2, 0) is 4.79 Å². The summed E-state index contributed by atoms with van der Waals surface area (Å²) in [4.78, 5) is 15.7. The van der Waals surface area contributed by atoms with E-state index in [0.717, 1.165) is 11.3 Å². The molecule has 5 heteroatoms. The number of aromatic nitrogens is 1. The van der Waals surface area contributed by atoms with Crippen molar-refractivity contribution in [3.05, 3.63) is 52.8 Å². The zero-order chi connectivity index (χ0) is 13.7. The highest BCUT2D eigenvalue weighted by Crippen LogP contribution is 2.20. The van der Waals surface area contributed by atoms with Crippen LogP contribution in [-0.4, -0.2) is 17.5 Å². The first-order chi connectivity index (χ1) is 9.15. The average Bonchev–Trinajstić information content (AvgIpc) is 2.40. The number of carbonyl (C=O) groups excluding carboxylic acids is 1. The Kier molecular flexibility index (Phi) is 4.52. The number of rotatable bonds is 4. The summed E-state index contributed by atoms with van der Waals surface area (Å²) in [6.45, 7) is 1.94. The Morgan fingerprint density at radius 1 is 1.32 bits per heavy atom. The second kappa shape index (κ2) is 6.33. The summed E-state index contributed by atoms with van der Waals surface area (Å²) in [7, 11) is 0. The fourth-order valence-electron chi connectivity index (χ4n) is 1.46. The zero-order valence-electron chi connectivity index (χ0n) is 10.4. The monoisotopic (exact) mass is 320 g/mol. The van der Waals surface area contributed by atoms with Crippen LogP contribution >= 0.6 is 15.9 Å². The molecule has 1 aromatic carbocycles. The molecule has 1 N–H and O–H groups in total. The van der Waals surface area contributed by atoms with E-state index in [-0.39, 0.29) is 12.5 Å². The molecule has 0 spiro atoms. The number of nitrogens with one attached hydrogen (secondary N) is 1. The van der Waals surface area contributed by atoms with Gasteiger partial charge < -0.3 is 10.1 Å². The number of nitrogens with zero attached hydrogens (tertiary/aromatic N) is 1. The molecule has 0 atom stereocenters. The third-order valence-electron chi connectivity index (χ3n) is 2.42. The van der Waals surface area contributed by atoms with E-state index in [0.29, 0.717) is 10.4 Å². The Morgan fingerprint density at radius 2 is 2.05 bits per heavy atom. The van der Waals surface area contributed by atoms with Gasteiger partial charge in [-0.1, -0.05) is 17.7 Å². The maximum Gasteiger partial charge on any atom is 0.262 e. The summed E-state index contributed by atoms with van der Waals surface area (Å²) in [6, 6.07) is 11.1. The Morgan fingerprint density at radius 3 is 2.74 bits per heavy atom. The predicted octanol–water partition coefficient (Wildman–Crippen LogP) is 3.17. The van der Waals surface area contributed by atoms with Gasteiger partial charge in [-0.05, 0) is 47.1 Å². The molecule has 0 bridgehead atoms. The average molecular weight is 321 g/mol. The Labute approximate surface area is 119 Å². The van der Waals surface area contributed by atoms with Gasteiger partial charge in [-0.2, -0.15) is 0 Å². The van der Waals surface area contributed by atoms with Crippen molar-refractivity contribution in [3.63, 3.8) is 0 Å². The molecule has 98 valence electrons. The summed E-state index contributed by atoms with van der Waals surface area (Å²) < 4.78 is 5.95. The van der Waals surface area contributed by atoms with Crippen LogP contribution in [0.25, 0.3) is 0 Å². The number of aryl methyl sites for hydroxylation is 1. The van der Waals surface area contributed by atoms with Crippen molar-refractivity contribution in [2.75, 3.05) is 11.9 Å². The molecular weight excluding hydrogens is 308 g/mol. The molecule has 1 amide bonds. The zero-order valence-corrected chi connectivity index (χ0v) is 12.0. The highest BCUT2D eigenvalue weighted by atomic mass is 79.9. The van der Waals surface area contributed by atoms with E-state index >= 15 is 0 Å². The van der Waals surface area contributed by atoms with Crippen molar-refractivity contribution in [2.45, 2.75) is 6.92 Å². The van der Waals surface area contributed by atoms with Gasteiger partial charge in [-0.15, -0.1) is 0 Å². The molecule has 1 heterocycles. The molecule has 0 radical (unpaired) electrons. The number of carbonyl (C=O) groups is 1.